The number of carboxylic acid groups (broad SMARTS) is 1. The van der Waals surface area contributed by atoms with E-state index in [-0.39, 0.29) is 27.9 Å². The number of aromatic carboxylic acids is 1. The lowest BCUT2D eigenvalue weighted by atomic mass is 9.83. The van der Waals surface area contributed by atoms with Gasteiger partial charge in [-0.15, -0.1) is 11.3 Å². The second-order valence-corrected chi connectivity index (χ2v) is 9.85. The average molecular weight is 557 g/mol. The van der Waals surface area contributed by atoms with Crippen molar-refractivity contribution in [2.45, 2.75) is 63.1 Å². The van der Waals surface area contributed by atoms with Gasteiger partial charge in [0, 0.05) is 29.0 Å². The van der Waals surface area contributed by atoms with Gasteiger partial charge in [0.2, 0.25) is 0 Å². The van der Waals surface area contributed by atoms with Gasteiger partial charge in [-0.3, -0.25) is 0 Å². The molecule has 1 fully saturated rings. The standard InChI is InChI=1S/C24H22F4N2O3S2.C2H6/c1-33-20-10-16(23(31)32)18(25)11-19(20)30-35-21-12-34-22(29-21)15-8-7-14(9-17(15)24(26,27)28)13-5-3-2-4-6-13;1-2/h7-13,30H,2-6H2,1H3,(H,31,32);1-2H3. The van der Waals surface area contributed by atoms with E-state index >= 15 is 0 Å². The fourth-order valence-corrected chi connectivity index (χ4v) is 5.80. The number of alkyl halides is 3. The van der Waals surface area contributed by atoms with E-state index in [0.717, 1.165) is 67.5 Å². The molecule has 0 spiro atoms. The van der Waals surface area contributed by atoms with Crippen molar-refractivity contribution >= 4 is 34.9 Å². The molecule has 200 valence electrons. The third-order valence-electron chi connectivity index (χ3n) is 5.92. The van der Waals surface area contributed by atoms with Crippen LogP contribution >= 0.6 is 23.3 Å². The Morgan fingerprint density at radius 3 is 2.49 bits per heavy atom. The quantitative estimate of drug-likeness (QED) is 0.224. The van der Waals surface area contributed by atoms with Gasteiger partial charge in [0.15, 0.2) is 0 Å². The minimum absolute atomic E-state index is 0.0170. The van der Waals surface area contributed by atoms with Crippen LogP contribution in [0.5, 0.6) is 5.75 Å². The van der Waals surface area contributed by atoms with Gasteiger partial charge in [-0.1, -0.05) is 45.2 Å². The second-order valence-electron chi connectivity index (χ2n) is 8.17. The Labute approximate surface area is 221 Å². The maximum Gasteiger partial charge on any atom is 0.417 e. The number of thiazole rings is 1. The summed E-state index contributed by atoms with van der Waals surface area (Å²) in [5.74, 6) is -2.13. The summed E-state index contributed by atoms with van der Waals surface area (Å²) in [5, 5.41) is 11.2. The van der Waals surface area contributed by atoms with Gasteiger partial charge in [0.25, 0.3) is 0 Å². The van der Waals surface area contributed by atoms with Crippen molar-refractivity contribution in [3.63, 3.8) is 0 Å². The summed E-state index contributed by atoms with van der Waals surface area (Å²) in [5.41, 5.74) is -0.338. The van der Waals surface area contributed by atoms with E-state index in [1.54, 1.807) is 11.4 Å². The van der Waals surface area contributed by atoms with Crippen LogP contribution < -0.4 is 9.46 Å². The molecule has 0 radical (unpaired) electrons. The molecule has 11 heteroatoms. The molecule has 4 rings (SSSR count). The Hall–Kier alpha value is -2.79. The van der Waals surface area contributed by atoms with Crippen LogP contribution in [0.1, 0.15) is 73.4 Å². The number of anilines is 1. The first-order chi connectivity index (χ1) is 17.7. The molecule has 0 bridgehead atoms. The lowest BCUT2D eigenvalue weighted by Gasteiger charge is -2.23. The third kappa shape index (κ3) is 6.95. The van der Waals surface area contributed by atoms with Crippen molar-refractivity contribution in [1.29, 1.82) is 0 Å². The SMILES string of the molecule is CC.COc1cc(C(=O)O)c(F)cc1NSc1csc(-c2ccc(C3CCCCC3)cc2C(F)(F)F)n1. The maximum atomic E-state index is 14.1. The molecule has 1 aliphatic carbocycles. The highest BCUT2D eigenvalue weighted by Gasteiger charge is 2.35. The molecular weight excluding hydrogens is 528 g/mol. The number of hydrogen-bond donors (Lipinski definition) is 2. The van der Waals surface area contributed by atoms with Gasteiger partial charge in [-0.05, 0) is 36.5 Å². The zero-order chi connectivity index (χ0) is 27.2. The first kappa shape index (κ1) is 28.8. The minimum Gasteiger partial charge on any atom is -0.495 e. The minimum atomic E-state index is -4.52. The Morgan fingerprint density at radius 1 is 1.16 bits per heavy atom. The fraction of sp³-hybridized carbons (Fsp3) is 0.385. The normalized spacial score (nSPS) is 14.0. The smallest absolute Gasteiger partial charge is 0.417 e. The van der Waals surface area contributed by atoms with Crippen molar-refractivity contribution in [3.05, 3.63) is 58.2 Å². The summed E-state index contributed by atoms with van der Waals surface area (Å²) in [6.45, 7) is 4.00. The number of carbonyl (C=O) groups is 1. The molecule has 0 amide bonds. The molecule has 1 aliphatic rings. The number of ether oxygens (including phenoxy) is 1. The highest BCUT2D eigenvalue weighted by molar-refractivity contribution is 8.00. The molecule has 2 aromatic carbocycles. The Kier molecular flexibility index (Phi) is 9.83. The highest BCUT2D eigenvalue weighted by atomic mass is 32.2. The predicted octanol–water partition coefficient (Wildman–Crippen LogP) is 8.87. The molecule has 3 aromatic rings. The van der Waals surface area contributed by atoms with Crippen LogP contribution in [-0.4, -0.2) is 23.2 Å². The molecule has 1 heterocycles. The highest BCUT2D eigenvalue weighted by Crippen LogP contribution is 2.42. The number of benzene rings is 2. The summed E-state index contributed by atoms with van der Waals surface area (Å²) in [4.78, 5) is 15.4. The number of nitrogens with zero attached hydrogens (tertiary/aromatic N) is 1. The van der Waals surface area contributed by atoms with Gasteiger partial charge in [-0.2, -0.15) is 13.2 Å². The molecule has 0 atom stereocenters. The molecule has 5 nitrogen and oxygen atoms in total. The van der Waals surface area contributed by atoms with E-state index in [0.29, 0.717) is 10.6 Å². The summed E-state index contributed by atoms with van der Waals surface area (Å²) in [6.07, 6.45) is 0.462. The van der Waals surface area contributed by atoms with Crippen LogP contribution in [0.25, 0.3) is 10.6 Å². The van der Waals surface area contributed by atoms with Crippen LogP contribution in [0, 0.1) is 5.82 Å². The maximum absolute atomic E-state index is 14.1. The summed E-state index contributed by atoms with van der Waals surface area (Å²) >= 11 is 2.03. The van der Waals surface area contributed by atoms with Crippen molar-refractivity contribution in [2.75, 3.05) is 11.8 Å². The predicted molar refractivity (Wildman–Crippen MR) is 139 cm³/mol. The third-order valence-corrected chi connectivity index (χ3v) is 7.69. The molecule has 0 unspecified atom stereocenters. The molecule has 37 heavy (non-hydrogen) atoms. The molecule has 0 aliphatic heterocycles. The Bertz CT molecular complexity index is 1230. The van der Waals surface area contributed by atoms with Crippen LogP contribution in [-0.2, 0) is 6.18 Å². The van der Waals surface area contributed by atoms with E-state index in [1.807, 2.05) is 13.8 Å². The zero-order valence-electron chi connectivity index (χ0n) is 20.6. The Morgan fingerprint density at radius 2 is 1.86 bits per heavy atom. The zero-order valence-corrected chi connectivity index (χ0v) is 22.2. The largest absolute Gasteiger partial charge is 0.495 e. The lowest BCUT2D eigenvalue weighted by molar-refractivity contribution is -0.137. The van der Waals surface area contributed by atoms with Gasteiger partial charge in [0.1, 0.15) is 21.6 Å². The lowest BCUT2D eigenvalue weighted by Crippen LogP contribution is -2.10. The number of carboxylic acids is 1. The van der Waals surface area contributed by atoms with Gasteiger partial charge < -0.3 is 14.6 Å². The summed E-state index contributed by atoms with van der Waals surface area (Å²) in [6, 6.07) is 6.56. The van der Waals surface area contributed by atoms with Gasteiger partial charge in [0.05, 0.1) is 23.9 Å². The molecular formula is C26H28F4N2O3S2. The number of rotatable bonds is 7. The molecule has 1 aromatic heterocycles. The number of halogens is 4. The van der Waals surface area contributed by atoms with E-state index < -0.39 is 29.1 Å². The molecule has 1 saturated carbocycles. The van der Waals surface area contributed by atoms with Crippen molar-refractivity contribution < 1.29 is 32.2 Å². The van der Waals surface area contributed by atoms with Crippen molar-refractivity contribution in [1.82, 2.24) is 4.98 Å². The first-order valence-electron chi connectivity index (χ1n) is 11.9. The summed E-state index contributed by atoms with van der Waals surface area (Å²) < 4.78 is 63.8. The number of methoxy groups -OCH3 is 1. The molecule has 2 N–H and O–H groups in total. The molecule has 0 saturated heterocycles. The van der Waals surface area contributed by atoms with Gasteiger partial charge >= 0.3 is 12.1 Å². The fourth-order valence-electron chi connectivity index (χ4n) is 4.18. The van der Waals surface area contributed by atoms with E-state index in [9.17, 15) is 22.4 Å². The topological polar surface area (TPSA) is 71.5 Å². The van der Waals surface area contributed by atoms with Crippen LogP contribution in [0.2, 0.25) is 0 Å². The van der Waals surface area contributed by atoms with E-state index in [2.05, 4.69) is 9.71 Å². The van der Waals surface area contributed by atoms with Crippen LogP contribution in [0.4, 0.5) is 23.2 Å². The van der Waals surface area contributed by atoms with E-state index in [1.165, 1.54) is 19.2 Å². The number of nitrogens with one attached hydrogen (secondary N) is 1. The summed E-state index contributed by atoms with van der Waals surface area (Å²) in [7, 11) is 1.31. The van der Waals surface area contributed by atoms with Crippen molar-refractivity contribution in [2.24, 2.45) is 0 Å². The average Bonchev–Trinajstić information content (AvgIpc) is 3.37. The van der Waals surface area contributed by atoms with Gasteiger partial charge in [-0.25, -0.2) is 14.2 Å². The van der Waals surface area contributed by atoms with E-state index in [4.69, 9.17) is 9.84 Å². The van der Waals surface area contributed by atoms with Crippen LogP contribution in [0.3, 0.4) is 0 Å². The number of aromatic nitrogens is 1. The second kappa shape index (κ2) is 12.6. The first-order valence-corrected chi connectivity index (χ1v) is 13.6. The Balaban J connectivity index is 0.00000186. The van der Waals surface area contributed by atoms with Crippen LogP contribution in [0.15, 0.2) is 40.7 Å². The monoisotopic (exact) mass is 556 g/mol. The van der Waals surface area contributed by atoms with Crippen molar-refractivity contribution in [3.8, 4) is 16.3 Å². The number of hydrogen-bond acceptors (Lipinski definition) is 6.